The standard InChI is InChI=1S/C18H16BrN3O2S2/c19-13-3-1-12(2-4-13)18(5-6-18)21-15(23)11-25-10-14-9-16(24)22-7-8-26-17(22)20-14/h1-4,7-9H,5-6,10-11H2,(H,21,23). The van der Waals surface area contributed by atoms with Crippen molar-refractivity contribution in [3.63, 3.8) is 0 Å². The van der Waals surface area contributed by atoms with Crippen molar-refractivity contribution in [2.24, 2.45) is 0 Å². The fourth-order valence-electron chi connectivity index (χ4n) is 2.89. The van der Waals surface area contributed by atoms with Gasteiger partial charge in [0.15, 0.2) is 4.96 Å². The number of benzene rings is 1. The van der Waals surface area contributed by atoms with Gasteiger partial charge in [-0.05, 0) is 30.5 Å². The van der Waals surface area contributed by atoms with Gasteiger partial charge in [-0.1, -0.05) is 28.1 Å². The molecule has 1 aromatic carbocycles. The van der Waals surface area contributed by atoms with Gasteiger partial charge in [0.05, 0.1) is 17.0 Å². The summed E-state index contributed by atoms with van der Waals surface area (Å²) in [6, 6.07) is 9.65. The number of rotatable bonds is 6. The molecule has 3 aromatic rings. The average Bonchev–Trinajstić information content (AvgIpc) is 3.22. The number of thioether (sulfide) groups is 1. The first kappa shape index (κ1) is 17.8. The predicted molar refractivity (Wildman–Crippen MR) is 109 cm³/mol. The molecule has 0 radical (unpaired) electrons. The summed E-state index contributed by atoms with van der Waals surface area (Å²) in [6.07, 6.45) is 3.66. The SMILES string of the molecule is O=C(CSCc1cc(=O)n2ccsc2n1)NC1(c2ccc(Br)cc2)CC1. The molecule has 0 saturated heterocycles. The minimum atomic E-state index is -0.203. The third kappa shape index (κ3) is 3.72. The first-order chi connectivity index (χ1) is 12.6. The summed E-state index contributed by atoms with van der Waals surface area (Å²) in [5.74, 6) is 0.913. The Morgan fingerprint density at radius 1 is 1.35 bits per heavy atom. The second-order valence-corrected chi connectivity index (χ2v) is 9.05. The number of thiazole rings is 1. The van der Waals surface area contributed by atoms with Crippen LogP contribution in [0.25, 0.3) is 4.96 Å². The number of amides is 1. The minimum absolute atomic E-state index is 0.0179. The molecule has 0 unspecified atom stereocenters. The Morgan fingerprint density at radius 3 is 2.85 bits per heavy atom. The van der Waals surface area contributed by atoms with Crippen molar-refractivity contribution in [3.8, 4) is 0 Å². The normalized spacial score (nSPS) is 15.1. The van der Waals surface area contributed by atoms with Gasteiger partial charge in [0.25, 0.3) is 5.56 Å². The van der Waals surface area contributed by atoms with Crippen LogP contribution in [-0.2, 0) is 16.1 Å². The molecule has 134 valence electrons. The van der Waals surface area contributed by atoms with Gasteiger partial charge in [-0.25, -0.2) is 4.98 Å². The number of hydrogen-bond donors (Lipinski definition) is 1. The Morgan fingerprint density at radius 2 is 2.12 bits per heavy atom. The lowest BCUT2D eigenvalue weighted by Gasteiger charge is -2.18. The van der Waals surface area contributed by atoms with Crippen molar-refractivity contribution < 1.29 is 4.79 Å². The van der Waals surface area contributed by atoms with Crippen molar-refractivity contribution >= 4 is 49.9 Å². The van der Waals surface area contributed by atoms with Crippen molar-refractivity contribution in [1.82, 2.24) is 14.7 Å². The zero-order valence-corrected chi connectivity index (χ0v) is 17.0. The van der Waals surface area contributed by atoms with E-state index in [0.717, 1.165) is 22.9 Å². The third-order valence-corrected chi connectivity index (χ3v) is 6.62. The van der Waals surface area contributed by atoms with Gasteiger partial charge < -0.3 is 5.32 Å². The summed E-state index contributed by atoms with van der Waals surface area (Å²) in [5, 5.41) is 5.01. The number of hydrogen-bond acceptors (Lipinski definition) is 5. The topological polar surface area (TPSA) is 63.5 Å². The summed E-state index contributed by atoms with van der Waals surface area (Å²) < 4.78 is 2.56. The molecule has 1 N–H and O–H groups in total. The molecule has 26 heavy (non-hydrogen) atoms. The zero-order chi connectivity index (χ0) is 18.1. The number of halogens is 1. The highest BCUT2D eigenvalue weighted by Gasteiger charge is 2.45. The molecule has 5 nitrogen and oxygen atoms in total. The average molecular weight is 450 g/mol. The monoisotopic (exact) mass is 449 g/mol. The van der Waals surface area contributed by atoms with Crippen LogP contribution in [0.5, 0.6) is 0 Å². The molecule has 2 aromatic heterocycles. The van der Waals surface area contributed by atoms with Crippen LogP contribution in [0.2, 0.25) is 0 Å². The van der Waals surface area contributed by atoms with E-state index in [9.17, 15) is 9.59 Å². The van der Waals surface area contributed by atoms with E-state index in [-0.39, 0.29) is 17.0 Å². The molecule has 1 saturated carbocycles. The maximum atomic E-state index is 12.3. The molecule has 0 spiro atoms. The second-order valence-electron chi connectivity index (χ2n) is 6.27. The van der Waals surface area contributed by atoms with Crippen LogP contribution in [0.4, 0.5) is 0 Å². The van der Waals surface area contributed by atoms with E-state index in [1.165, 1.54) is 33.6 Å². The number of aromatic nitrogens is 2. The Labute approximate surface area is 167 Å². The Kier molecular flexibility index (Phi) is 4.90. The molecule has 1 fully saturated rings. The zero-order valence-electron chi connectivity index (χ0n) is 13.8. The van der Waals surface area contributed by atoms with Gasteiger partial charge in [-0.3, -0.25) is 14.0 Å². The number of carbonyl (C=O) groups is 1. The fourth-order valence-corrected chi connectivity index (χ4v) is 4.61. The lowest BCUT2D eigenvalue weighted by atomic mass is 10.1. The lowest BCUT2D eigenvalue weighted by molar-refractivity contribution is -0.119. The van der Waals surface area contributed by atoms with Gasteiger partial charge in [-0.2, -0.15) is 0 Å². The van der Waals surface area contributed by atoms with Gasteiger partial charge >= 0.3 is 0 Å². The summed E-state index contributed by atoms with van der Waals surface area (Å²) in [7, 11) is 0. The molecule has 4 rings (SSSR count). The molecule has 1 aliphatic carbocycles. The molecule has 1 aliphatic rings. The highest BCUT2D eigenvalue weighted by atomic mass is 79.9. The Balaban J connectivity index is 1.34. The van der Waals surface area contributed by atoms with Crippen LogP contribution < -0.4 is 10.9 Å². The smallest absolute Gasteiger partial charge is 0.258 e. The molecule has 2 heterocycles. The van der Waals surface area contributed by atoms with Gasteiger partial charge in [-0.15, -0.1) is 23.1 Å². The number of fused-ring (bicyclic) bond motifs is 1. The number of carbonyl (C=O) groups excluding carboxylic acids is 1. The van der Waals surface area contributed by atoms with E-state index < -0.39 is 0 Å². The fraction of sp³-hybridized carbons (Fsp3) is 0.278. The van der Waals surface area contributed by atoms with Crippen molar-refractivity contribution in [3.05, 3.63) is 68.0 Å². The highest BCUT2D eigenvalue weighted by molar-refractivity contribution is 9.10. The Hall–Kier alpha value is -1.64. The van der Waals surface area contributed by atoms with E-state index in [1.54, 1.807) is 6.20 Å². The van der Waals surface area contributed by atoms with Crippen LogP contribution in [0.15, 0.2) is 51.2 Å². The number of nitrogens with one attached hydrogen (secondary N) is 1. The Bertz CT molecular complexity index is 1010. The molecule has 0 aliphatic heterocycles. The summed E-state index contributed by atoms with van der Waals surface area (Å²) >= 11 is 6.34. The molecule has 0 bridgehead atoms. The maximum absolute atomic E-state index is 12.3. The van der Waals surface area contributed by atoms with Gasteiger partial charge in [0, 0.05) is 27.9 Å². The van der Waals surface area contributed by atoms with Crippen LogP contribution in [-0.4, -0.2) is 21.0 Å². The van der Waals surface area contributed by atoms with Crippen LogP contribution >= 0.6 is 39.0 Å². The predicted octanol–water partition coefficient (Wildman–Crippen LogP) is 3.56. The van der Waals surface area contributed by atoms with Gasteiger partial charge in [0.1, 0.15) is 0 Å². The second kappa shape index (κ2) is 7.17. The highest BCUT2D eigenvalue weighted by Crippen LogP contribution is 2.45. The van der Waals surface area contributed by atoms with E-state index in [0.29, 0.717) is 22.2 Å². The van der Waals surface area contributed by atoms with Crippen molar-refractivity contribution in [2.75, 3.05) is 5.75 Å². The summed E-state index contributed by atoms with van der Waals surface area (Å²) in [5.41, 5.74) is 1.58. The quantitative estimate of drug-likeness (QED) is 0.624. The summed E-state index contributed by atoms with van der Waals surface area (Å²) in [4.78, 5) is 29.5. The molecule has 0 atom stereocenters. The molecular weight excluding hydrogens is 434 g/mol. The molecular formula is C18H16BrN3O2S2. The largest absolute Gasteiger partial charge is 0.346 e. The maximum Gasteiger partial charge on any atom is 0.258 e. The third-order valence-electron chi connectivity index (χ3n) is 4.36. The van der Waals surface area contributed by atoms with Crippen LogP contribution in [0, 0.1) is 0 Å². The van der Waals surface area contributed by atoms with E-state index in [1.807, 2.05) is 17.5 Å². The van der Waals surface area contributed by atoms with E-state index in [2.05, 4.69) is 38.4 Å². The molecule has 8 heteroatoms. The van der Waals surface area contributed by atoms with Crippen LogP contribution in [0.1, 0.15) is 24.1 Å². The number of nitrogens with zero attached hydrogens (tertiary/aromatic N) is 2. The van der Waals surface area contributed by atoms with Crippen molar-refractivity contribution in [1.29, 1.82) is 0 Å². The summed E-state index contributed by atoms with van der Waals surface area (Å²) in [6.45, 7) is 0. The van der Waals surface area contributed by atoms with E-state index in [4.69, 9.17) is 0 Å². The van der Waals surface area contributed by atoms with E-state index >= 15 is 0 Å². The molecule has 1 amide bonds. The lowest BCUT2D eigenvalue weighted by Crippen LogP contribution is -2.36. The van der Waals surface area contributed by atoms with Crippen molar-refractivity contribution in [2.45, 2.75) is 24.1 Å². The first-order valence-corrected chi connectivity index (χ1v) is 11.0. The minimum Gasteiger partial charge on any atom is -0.346 e. The van der Waals surface area contributed by atoms with Gasteiger partial charge in [0.2, 0.25) is 5.91 Å². The van der Waals surface area contributed by atoms with Crippen LogP contribution in [0.3, 0.4) is 0 Å². The first-order valence-electron chi connectivity index (χ1n) is 8.16.